The molecule has 1 atom stereocenters. The van der Waals surface area contributed by atoms with Crippen molar-refractivity contribution in [3.05, 3.63) is 71.3 Å². The van der Waals surface area contributed by atoms with Gasteiger partial charge in [-0.05, 0) is 24.1 Å². The molecule has 128 valence electrons. The van der Waals surface area contributed by atoms with E-state index in [-0.39, 0.29) is 30.2 Å². The van der Waals surface area contributed by atoms with Crippen molar-refractivity contribution in [2.75, 3.05) is 18.1 Å². The van der Waals surface area contributed by atoms with E-state index < -0.39 is 17.7 Å². The van der Waals surface area contributed by atoms with Crippen LogP contribution in [0.3, 0.4) is 0 Å². The van der Waals surface area contributed by atoms with Crippen LogP contribution >= 0.6 is 11.8 Å². The van der Waals surface area contributed by atoms with Crippen molar-refractivity contribution in [1.29, 1.82) is 0 Å². The molecule has 0 aliphatic carbocycles. The molecule has 2 N–H and O–H groups in total. The highest BCUT2D eigenvalue weighted by molar-refractivity contribution is 7.99. The number of rotatable bonds is 8. The average molecular weight is 351 g/mol. The maximum absolute atomic E-state index is 13.4. The predicted octanol–water partition coefficient (Wildman–Crippen LogP) is 3.09. The van der Waals surface area contributed by atoms with Gasteiger partial charge in [-0.3, -0.25) is 4.79 Å². The number of aliphatic hydroxyl groups excluding tert-OH is 1. The van der Waals surface area contributed by atoms with Crippen molar-refractivity contribution < 1.29 is 18.7 Å². The minimum atomic E-state index is -0.628. The summed E-state index contributed by atoms with van der Waals surface area (Å²) in [5.41, 5.74) is 0.783. The number of carbonyl (C=O) groups is 1. The Morgan fingerprint density at radius 2 is 1.75 bits per heavy atom. The number of amides is 1. The molecular weight excluding hydrogens is 332 g/mol. The quantitative estimate of drug-likeness (QED) is 0.768. The van der Waals surface area contributed by atoms with Crippen LogP contribution in [0.2, 0.25) is 0 Å². The lowest BCUT2D eigenvalue weighted by molar-refractivity contribution is -0.118. The van der Waals surface area contributed by atoms with Gasteiger partial charge in [-0.1, -0.05) is 36.4 Å². The topological polar surface area (TPSA) is 49.3 Å². The Balaban J connectivity index is 1.67. The maximum Gasteiger partial charge on any atom is 0.230 e. The van der Waals surface area contributed by atoms with Gasteiger partial charge in [-0.2, -0.15) is 0 Å². The largest absolute Gasteiger partial charge is 0.388 e. The van der Waals surface area contributed by atoms with Crippen molar-refractivity contribution in [1.82, 2.24) is 5.32 Å². The summed E-state index contributed by atoms with van der Waals surface area (Å²) < 4.78 is 26.9. The molecule has 3 nitrogen and oxygen atoms in total. The van der Waals surface area contributed by atoms with Gasteiger partial charge in [-0.25, -0.2) is 8.78 Å². The monoisotopic (exact) mass is 351 g/mol. The molecule has 1 amide bonds. The molecule has 0 radical (unpaired) electrons. The van der Waals surface area contributed by atoms with Crippen LogP contribution in [0.1, 0.15) is 17.2 Å². The van der Waals surface area contributed by atoms with Crippen LogP contribution in [-0.2, 0) is 11.2 Å². The van der Waals surface area contributed by atoms with Crippen molar-refractivity contribution in [2.24, 2.45) is 0 Å². The van der Waals surface area contributed by atoms with Crippen LogP contribution in [0.25, 0.3) is 0 Å². The van der Waals surface area contributed by atoms with Crippen LogP contribution in [-0.4, -0.2) is 29.1 Å². The summed E-state index contributed by atoms with van der Waals surface area (Å²) in [5, 5.41) is 12.6. The van der Waals surface area contributed by atoms with Crippen molar-refractivity contribution >= 4 is 17.7 Å². The number of halogens is 2. The van der Waals surface area contributed by atoms with Gasteiger partial charge in [0.15, 0.2) is 0 Å². The first-order chi connectivity index (χ1) is 11.6. The lowest BCUT2D eigenvalue weighted by atomic mass is 10.1. The third kappa shape index (κ3) is 5.62. The highest BCUT2D eigenvalue weighted by Crippen LogP contribution is 2.17. The molecule has 0 saturated carbocycles. The van der Waals surface area contributed by atoms with E-state index in [0.717, 1.165) is 5.56 Å². The molecule has 1 unspecified atom stereocenters. The third-order valence-electron chi connectivity index (χ3n) is 3.45. The predicted molar refractivity (Wildman–Crippen MR) is 91.8 cm³/mol. The minimum Gasteiger partial charge on any atom is -0.388 e. The fraction of sp³-hybridized carbons (Fsp3) is 0.278. The summed E-state index contributed by atoms with van der Waals surface area (Å²) in [4.78, 5) is 11.7. The van der Waals surface area contributed by atoms with Gasteiger partial charge >= 0.3 is 0 Å². The van der Waals surface area contributed by atoms with Gasteiger partial charge in [0, 0.05) is 17.9 Å². The van der Waals surface area contributed by atoms with Gasteiger partial charge < -0.3 is 10.4 Å². The van der Waals surface area contributed by atoms with Crippen molar-refractivity contribution in [3.63, 3.8) is 0 Å². The van der Waals surface area contributed by atoms with E-state index >= 15 is 0 Å². The molecule has 2 rings (SSSR count). The van der Waals surface area contributed by atoms with Crippen LogP contribution in [0, 0.1) is 11.6 Å². The van der Waals surface area contributed by atoms with Crippen molar-refractivity contribution in [2.45, 2.75) is 12.5 Å². The van der Waals surface area contributed by atoms with E-state index in [4.69, 9.17) is 0 Å². The lowest BCUT2D eigenvalue weighted by Gasteiger charge is -2.11. The number of hydrogen-bond acceptors (Lipinski definition) is 3. The highest BCUT2D eigenvalue weighted by Gasteiger charge is 2.10. The van der Waals surface area contributed by atoms with Gasteiger partial charge in [0.25, 0.3) is 0 Å². The number of hydrogen-bond donors (Lipinski definition) is 2. The van der Waals surface area contributed by atoms with Crippen LogP contribution in [0.4, 0.5) is 8.78 Å². The second-order valence-corrected chi connectivity index (χ2v) is 6.27. The molecule has 0 bridgehead atoms. The standard InChI is InChI=1S/C18H19F2NO2S/c19-15-7-4-8-16(20)14(15)9-10-21-18(23)12-24-11-17(22)13-5-2-1-3-6-13/h1-8,17,22H,9-12H2,(H,21,23). The first-order valence-electron chi connectivity index (χ1n) is 7.58. The number of carbonyl (C=O) groups excluding carboxylic acids is 1. The highest BCUT2D eigenvalue weighted by atomic mass is 32.2. The summed E-state index contributed by atoms with van der Waals surface area (Å²) >= 11 is 1.31. The fourth-order valence-corrected chi connectivity index (χ4v) is 3.00. The van der Waals surface area contributed by atoms with Gasteiger partial charge in [0.1, 0.15) is 11.6 Å². The molecule has 0 spiro atoms. The summed E-state index contributed by atoms with van der Waals surface area (Å²) in [6.45, 7) is 0.165. The van der Waals surface area contributed by atoms with E-state index in [9.17, 15) is 18.7 Å². The van der Waals surface area contributed by atoms with Crippen LogP contribution < -0.4 is 5.32 Å². The number of aliphatic hydroxyl groups is 1. The summed E-state index contributed by atoms with van der Waals surface area (Å²) in [7, 11) is 0. The second kappa shape index (κ2) is 9.39. The molecule has 0 fully saturated rings. The molecule has 6 heteroatoms. The summed E-state index contributed by atoms with van der Waals surface area (Å²) in [5.74, 6) is -0.852. The molecule has 2 aromatic carbocycles. The SMILES string of the molecule is O=C(CSCC(O)c1ccccc1)NCCc1c(F)cccc1F. The van der Waals surface area contributed by atoms with Crippen LogP contribution in [0.15, 0.2) is 48.5 Å². The first kappa shape index (κ1) is 18.4. The van der Waals surface area contributed by atoms with Gasteiger partial charge in [-0.15, -0.1) is 11.8 Å². The third-order valence-corrected chi connectivity index (χ3v) is 4.47. The lowest BCUT2D eigenvalue weighted by Crippen LogP contribution is -2.28. The van der Waals surface area contributed by atoms with E-state index in [1.54, 1.807) is 0 Å². The summed E-state index contributed by atoms with van der Waals surface area (Å²) in [6.07, 6.45) is -0.529. The van der Waals surface area contributed by atoms with E-state index in [2.05, 4.69) is 5.32 Å². The molecule has 0 aromatic heterocycles. The zero-order valence-electron chi connectivity index (χ0n) is 13.0. The molecule has 0 saturated heterocycles. The van der Waals surface area contributed by atoms with E-state index in [1.807, 2.05) is 30.3 Å². The van der Waals surface area contributed by atoms with E-state index in [0.29, 0.717) is 5.75 Å². The Morgan fingerprint density at radius 3 is 2.42 bits per heavy atom. The maximum atomic E-state index is 13.4. The normalized spacial score (nSPS) is 12.0. The zero-order valence-corrected chi connectivity index (χ0v) is 13.9. The Morgan fingerprint density at radius 1 is 1.08 bits per heavy atom. The second-order valence-electron chi connectivity index (χ2n) is 5.24. The molecule has 0 heterocycles. The van der Waals surface area contributed by atoms with Gasteiger partial charge in [0.2, 0.25) is 5.91 Å². The molecule has 24 heavy (non-hydrogen) atoms. The van der Waals surface area contributed by atoms with E-state index in [1.165, 1.54) is 30.0 Å². The zero-order chi connectivity index (χ0) is 17.4. The number of nitrogens with one attached hydrogen (secondary N) is 1. The molecule has 0 aliphatic heterocycles. The smallest absolute Gasteiger partial charge is 0.230 e. The minimum absolute atomic E-state index is 0.0232. The van der Waals surface area contributed by atoms with Crippen LogP contribution in [0.5, 0.6) is 0 Å². The van der Waals surface area contributed by atoms with Crippen molar-refractivity contribution in [3.8, 4) is 0 Å². The Bertz CT molecular complexity index is 647. The fourth-order valence-electron chi connectivity index (χ4n) is 2.18. The number of benzene rings is 2. The molecule has 0 aliphatic rings. The first-order valence-corrected chi connectivity index (χ1v) is 8.73. The Labute approximate surface area is 144 Å². The average Bonchev–Trinajstić information content (AvgIpc) is 2.58. The number of thioether (sulfide) groups is 1. The molecular formula is C18H19F2NO2S. The molecule has 2 aromatic rings. The van der Waals surface area contributed by atoms with Gasteiger partial charge in [0.05, 0.1) is 11.9 Å². The Hall–Kier alpha value is -1.92. The Kier molecular flexibility index (Phi) is 7.21. The summed E-state index contributed by atoms with van der Waals surface area (Å²) in [6, 6.07) is 12.9.